The van der Waals surface area contributed by atoms with Gasteiger partial charge in [0.1, 0.15) is 11.9 Å². The van der Waals surface area contributed by atoms with Crippen molar-refractivity contribution in [3.63, 3.8) is 0 Å². The fraction of sp³-hybridized carbons (Fsp3) is 0.267. The van der Waals surface area contributed by atoms with Crippen molar-refractivity contribution in [3.8, 4) is 0 Å². The molecule has 2 aromatic rings. The van der Waals surface area contributed by atoms with Gasteiger partial charge in [0, 0.05) is 12.4 Å². The van der Waals surface area contributed by atoms with E-state index in [0.29, 0.717) is 24.1 Å². The topological polar surface area (TPSA) is 33.1 Å². The molecule has 2 rings (SSSR count). The molecule has 112 valence electrons. The average Bonchev–Trinajstić information content (AvgIpc) is 2.45. The number of rotatable bonds is 3. The van der Waals surface area contributed by atoms with E-state index in [1.54, 1.807) is 12.3 Å². The van der Waals surface area contributed by atoms with Crippen molar-refractivity contribution in [3.05, 3.63) is 64.7 Å². The molecule has 1 N–H and O–H groups in total. The van der Waals surface area contributed by atoms with Crippen LogP contribution < -0.4 is 0 Å². The van der Waals surface area contributed by atoms with Crippen LogP contribution in [0, 0.1) is 5.82 Å². The SMILES string of the molecule is CCc1cnccc1C(O)c1ccc(C(F)(F)F)c(F)c1. The van der Waals surface area contributed by atoms with Crippen LogP contribution in [-0.4, -0.2) is 10.1 Å². The van der Waals surface area contributed by atoms with Crippen molar-refractivity contribution < 1.29 is 22.7 Å². The van der Waals surface area contributed by atoms with Crippen molar-refractivity contribution in [2.75, 3.05) is 0 Å². The summed E-state index contributed by atoms with van der Waals surface area (Å²) >= 11 is 0. The molecule has 0 saturated heterocycles. The number of aromatic nitrogens is 1. The van der Waals surface area contributed by atoms with Gasteiger partial charge in [-0.2, -0.15) is 13.2 Å². The number of aryl methyl sites for hydroxylation is 1. The van der Waals surface area contributed by atoms with Gasteiger partial charge in [-0.1, -0.05) is 13.0 Å². The van der Waals surface area contributed by atoms with Gasteiger partial charge in [-0.05, 0) is 41.3 Å². The quantitative estimate of drug-likeness (QED) is 0.872. The first-order chi connectivity index (χ1) is 9.84. The number of halogens is 4. The predicted octanol–water partition coefficient (Wildman–Crippen LogP) is 3.88. The summed E-state index contributed by atoms with van der Waals surface area (Å²) < 4.78 is 51.1. The lowest BCUT2D eigenvalue weighted by Crippen LogP contribution is -2.10. The van der Waals surface area contributed by atoms with Crippen LogP contribution in [0.25, 0.3) is 0 Å². The number of hydrogen-bond acceptors (Lipinski definition) is 2. The molecule has 1 aromatic heterocycles. The van der Waals surface area contributed by atoms with Crippen LogP contribution in [-0.2, 0) is 12.6 Å². The van der Waals surface area contributed by atoms with E-state index < -0.39 is 23.7 Å². The number of nitrogens with zero attached hydrogens (tertiary/aromatic N) is 1. The minimum atomic E-state index is -4.75. The Morgan fingerprint density at radius 3 is 2.52 bits per heavy atom. The Morgan fingerprint density at radius 1 is 1.24 bits per heavy atom. The fourth-order valence-corrected chi connectivity index (χ4v) is 2.11. The zero-order chi connectivity index (χ0) is 15.6. The molecule has 0 amide bonds. The number of aliphatic hydroxyl groups excluding tert-OH is 1. The zero-order valence-electron chi connectivity index (χ0n) is 11.2. The van der Waals surface area contributed by atoms with Gasteiger partial charge >= 0.3 is 6.18 Å². The van der Waals surface area contributed by atoms with Gasteiger partial charge in [0.15, 0.2) is 0 Å². The van der Waals surface area contributed by atoms with Crippen molar-refractivity contribution in [2.45, 2.75) is 25.6 Å². The summed E-state index contributed by atoms with van der Waals surface area (Å²) in [4.78, 5) is 3.92. The number of alkyl halides is 3. The monoisotopic (exact) mass is 299 g/mol. The Bertz CT molecular complexity index is 640. The second kappa shape index (κ2) is 5.81. The van der Waals surface area contributed by atoms with Gasteiger partial charge in [0.05, 0.1) is 5.56 Å². The summed E-state index contributed by atoms with van der Waals surface area (Å²) in [5.74, 6) is -1.40. The third kappa shape index (κ3) is 3.21. The van der Waals surface area contributed by atoms with E-state index in [2.05, 4.69) is 4.98 Å². The first kappa shape index (κ1) is 15.4. The summed E-state index contributed by atoms with van der Waals surface area (Å²) in [7, 11) is 0. The molecule has 0 saturated carbocycles. The Kier molecular flexibility index (Phi) is 4.27. The van der Waals surface area contributed by atoms with Gasteiger partial charge in [0.2, 0.25) is 0 Å². The van der Waals surface area contributed by atoms with E-state index in [-0.39, 0.29) is 5.56 Å². The molecule has 1 heterocycles. The third-order valence-corrected chi connectivity index (χ3v) is 3.23. The van der Waals surface area contributed by atoms with Gasteiger partial charge < -0.3 is 5.11 Å². The molecule has 0 radical (unpaired) electrons. The largest absolute Gasteiger partial charge is 0.419 e. The maximum Gasteiger partial charge on any atom is 0.419 e. The number of hydrogen-bond donors (Lipinski definition) is 1. The number of benzene rings is 1. The lowest BCUT2D eigenvalue weighted by atomic mass is 9.96. The second-order valence-electron chi connectivity index (χ2n) is 4.57. The van der Waals surface area contributed by atoms with Crippen LogP contribution >= 0.6 is 0 Å². The molecule has 21 heavy (non-hydrogen) atoms. The lowest BCUT2D eigenvalue weighted by Gasteiger charge is -2.16. The highest BCUT2D eigenvalue weighted by molar-refractivity contribution is 5.36. The van der Waals surface area contributed by atoms with Crippen molar-refractivity contribution in [2.24, 2.45) is 0 Å². The summed E-state index contributed by atoms with van der Waals surface area (Å²) in [6.45, 7) is 1.86. The smallest absolute Gasteiger partial charge is 0.384 e. The van der Waals surface area contributed by atoms with Crippen LogP contribution in [0.4, 0.5) is 17.6 Å². The molecule has 0 aliphatic carbocycles. The average molecular weight is 299 g/mol. The summed E-state index contributed by atoms with van der Waals surface area (Å²) in [6.07, 6.45) is -2.31. The van der Waals surface area contributed by atoms with Crippen LogP contribution in [0.3, 0.4) is 0 Å². The van der Waals surface area contributed by atoms with E-state index in [0.717, 1.165) is 11.6 Å². The Balaban J connectivity index is 2.41. The van der Waals surface area contributed by atoms with Crippen molar-refractivity contribution >= 4 is 0 Å². The van der Waals surface area contributed by atoms with E-state index in [1.165, 1.54) is 6.20 Å². The maximum atomic E-state index is 13.6. The van der Waals surface area contributed by atoms with E-state index in [1.807, 2.05) is 6.92 Å². The molecule has 0 aliphatic rings. The van der Waals surface area contributed by atoms with E-state index in [4.69, 9.17) is 0 Å². The molecule has 0 aliphatic heterocycles. The summed E-state index contributed by atoms with van der Waals surface area (Å²) in [5.41, 5.74) is -0.0118. The Labute approximate surface area is 119 Å². The standard InChI is InChI=1S/C15H13F4NO/c1-2-9-8-20-6-5-11(9)14(21)10-3-4-12(13(16)7-10)15(17,18)19/h3-8,14,21H,2H2,1H3. The lowest BCUT2D eigenvalue weighted by molar-refractivity contribution is -0.140. The second-order valence-corrected chi connectivity index (χ2v) is 4.57. The van der Waals surface area contributed by atoms with Gasteiger partial charge in [-0.25, -0.2) is 4.39 Å². The van der Waals surface area contributed by atoms with Crippen molar-refractivity contribution in [1.29, 1.82) is 0 Å². The van der Waals surface area contributed by atoms with Gasteiger partial charge in [-0.3, -0.25) is 4.98 Å². The van der Waals surface area contributed by atoms with Crippen LogP contribution in [0.15, 0.2) is 36.7 Å². The highest BCUT2D eigenvalue weighted by atomic mass is 19.4. The molecular formula is C15H13F4NO. The molecular weight excluding hydrogens is 286 g/mol. The minimum absolute atomic E-state index is 0.0707. The number of pyridine rings is 1. The summed E-state index contributed by atoms with van der Waals surface area (Å²) in [6, 6.07) is 4.00. The molecule has 0 bridgehead atoms. The van der Waals surface area contributed by atoms with Crippen LogP contribution in [0.1, 0.15) is 35.3 Å². The first-order valence-corrected chi connectivity index (χ1v) is 6.32. The minimum Gasteiger partial charge on any atom is -0.384 e. The van der Waals surface area contributed by atoms with Gasteiger partial charge in [0.25, 0.3) is 0 Å². The highest BCUT2D eigenvalue weighted by Gasteiger charge is 2.34. The molecule has 1 aromatic carbocycles. The third-order valence-electron chi connectivity index (χ3n) is 3.23. The van der Waals surface area contributed by atoms with E-state index in [9.17, 15) is 22.7 Å². The molecule has 0 fully saturated rings. The van der Waals surface area contributed by atoms with Crippen LogP contribution in [0.2, 0.25) is 0 Å². The molecule has 6 heteroatoms. The molecule has 1 unspecified atom stereocenters. The maximum absolute atomic E-state index is 13.6. The Morgan fingerprint density at radius 2 is 1.95 bits per heavy atom. The fourth-order valence-electron chi connectivity index (χ4n) is 2.11. The normalized spacial score (nSPS) is 13.2. The van der Waals surface area contributed by atoms with Crippen LogP contribution in [0.5, 0.6) is 0 Å². The molecule has 2 nitrogen and oxygen atoms in total. The zero-order valence-corrected chi connectivity index (χ0v) is 11.2. The van der Waals surface area contributed by atoms with E-state index >= 15 is 0 Å². The predicted molar refractivity (Wildman–Crippen MR) is 69.1 cm³/mol. The molecule has 1 atom stereocenters. The van der Waals surface area contributed by atoms with Gasteiger partial charge in [-0.15, -0.1) is 0 Å². The van der Waals surface area contributed by atoms with Crippen molar-refractivity contribution in [1.82, 2.24) is 4.98 Å². The Hall–Kier alpha value is -1.95. The highest BCUT2D eigenvalue weighted by Crippen LogP contribution is 2.33. The summed E-state index contributed by atoms with van der Waals surface area (Å²) in [5, 5.41) is 10.2. The first-order valence-electron chi connectivity index (χ1n) is 6.32. The molecule has 0 spiro atoms. The number of aliphatic hydroxyl groups is 1.